The first-order chi connectivity index (χ1) is 17.3. The standard InChI is InChI=1S/C25H18Cl3N3O4S/c26-17-10-12-20(22(28)14-17)24-13-11-18(35-24)15-29-30-25(32)16-31(23-9-5-4-8-21(23)27)36(33,34)19-6-2-1-3-7-19/h1-15H,16H2,(H,30,32)/b29-15-. The molecule has 0 saturated carbocycles. The first-order valence-electron chi connectivity index (χ1n) is 10.4. The molecule has 7 nitrogen and oxygen atoms in total. The molecular formula is C25H18Cl3N3O4S. The Hall–Kier alpha value is -3.30. The summed E-state index contributed by atoms with van der Waals surface area (Å²) < 4.78 is 33.3. The molecule has 4 rings (SSSR count). The van der Waals surface area contributed by atoms with Gasteiger partial charge < -0.3 is 4.42 Å². The number of halogens is 3. The van der Waals surface area contributed by atoms with Crippen LogP contribution in [0.2, 0.25) is 15.1 Å². The third-order valence-electron chi connectivity index (χ3n) is 4.94. The van der Waals surface area contributed by atoms with Crippen LogP contribution in [-0.4, -0.2) is 27.1 Å². The van der Waals surface area contributed by atoms with Crippen LogP contribution in [0.25, 0.3) is 11.3 Å². The molecule has 11 heteroatoms. The number of carbonyl (C=O) groups is 1. The van der Waals surface area contributed by atoms with Crippen LogP contribution in [-0.2, 0) is 14.8 Å². The fourth-order valence-corrected chi connectivity index (χ4v) is 5.51. The molecule has 0 fully saturated rings. The van der Waals surface area contributed by atoms with E-state index in [2.05, 4.69) is 10.5 Å². The van der Waals surface area contributed by atoms with E-state index in [1.54, 1.807) is 66.7 Å². The van der Waals surface area contributed by atoms with Gasteiger partial charge in [-0.15, -0.1) is 0 Å². The van der Waals surface area contributed by atoms with Gasteiger partial charge in [0.2, 0.25) is 0 Å². The number of furan rings is 1. The molecule has 4 aromatic rings. The van der Waals surface area contributed by atoms with Crippen molar-refractivity contribution in [3.8, 4) is 11.3 Å². The van der Waals surface area contributed by atoms with Gasteiger partial charge in [-0.2, -0.15) is 5.10 Å². The minimum Gasteiger partial charge on any atom is -0.455 e. The van der Waals surface area contributed by atoms with Crippen molar-refractivity contribution in [2.75, 3.05) is 10.8 Å². The second kappa shape index (κ2) is 11.2. The number of para-hydroxylation sites is 1. The van der Waals surface area contributed by atoms with Gasteiger partial charge in [0, 0.05) is 10.6 Å². The zero-order chi connectivity index (χ0) is 25.7. The number of hydrogen-bond donors (Lipinski definition) is 1. The Morgan fingerprint density at radius 3 is 2.36 bits per heavy atom. The maximum atomic E-state index is 13.3. The molecule has 0 spiro atoms. The highest BCUT2D eigenvalue weighted by Crippen LogP contribution is 2.32. The number of rotatable bonds is 8. The molecule has 0 unspecified atom stereocenters. The summed E-state index contributed by atoms with van der Waals surface area (Å²) in [5.41, 5.74) is 3.13. The smallest absolute Gasteiger partial charge is 0.264 e. The number of hydrogen-bond acceptors (Lipinski definition) is 5. The predicted octanol–water partition coefficient (Wildman–Crippen LogP) is 6.25. The maximum absolute atomic E-state index is 13.3. The third kappa shape index (κ3) is 5.91. The number of amides is 1. The van der Waals surface area contributed by atoms with Gasteiger partial charge in [-0.25, -0.2) is 13.8 Å². The van der Waals surface area contributed by atoms with Crippen LogP contribution in [0.15, 0.2) is 99.3 Å². The Kier molecular flexibility index (Phi) is 8.01. The highest BCUT2D eigenvalue weighted by Gasteiger charge is 2.28. The van der Waals surface area contributed by atoms with Crippen molar-refractivity contribution in [1.82, 2.24) is 5.43 Å². The first-order valence-corrected chi connectivity index (χ1v) is 13.0. The Labute approximate surface area is 222 Å². The molecular weight excluding hydrogens is 545 g/mol. The fourth-order valence-electron chi connectivity index (χ4n) is 3.26. The van der Waals surface area contributed by atoms with Crippen molar-refractivity contribution in [3.05, 3.63) is 106 Å². The molecule has 0 atom stereocenters. The molecule has 0 radical (unpaired) electrons. The van der Waals surface area contributed by atoms with Gasteiger partial charge in [-0.3, -0.25) is 9.10 Å². The highest BCUT2D eigenvalue weighted by molar-refractivity contribution is 7.92. The maximum Gasteiger partial charge on any atom is 0.264 e. The lowest BCUT2D eigenvalue weighted by Gasteiger charge is -2.24. The quantitative estimate of drug-likeness (QED) is 0.203. The summed E-state index contributed by atoms with van der Waals surface area (Å²) in [7, 11) is -4.09. The summed E-state index contributed by atoms with van der Waals surface area (Å²) in [5, 5.41) is 4.98. The number of hydrazone groups is 1. The highest BCUT2D eigenvalue weighted by atomic mass is 35.5. The molecule has 0 aliphatic heterocycles. The van der Waals surface area contributed by atoms with Crippen LogP contribution >= 0.6 is 34.8 Å². The van der Waals surface area contributed by atoms with Crippen LogP contribution in [0.3, 0.4) is 0 Å². The van der Waals surface area contributed by atoms with Crippen molar-refractivity contribution in [2.45, 2.75) is 4.90 Å². The van der Waals surface area contributed by atoms with Crippen molar-refractivity contribution in [1.29, 1.82) is 0 Å². The predicted molar refractivity (Wildman–Crippen MR) is 142 cm³/mol. The van der Waals surface area contributed by atoms with E-state index >= 15 is 0 Å². The van der Waals surface area contributed by atoms with E-state index in [1.807, 2.05) is 0 Å². The van der Waals surface area contributed by atoms with Crippen molar-refractivity contribution in [2.24, 2.45) is 5.10 Å². The molecule has 1 amide bonds. The van der Waals surface area contributed by atoms with E-state index in [1.165, 1.54) is 24.4 Å². The monoisotopic (exact) mass is 561 g/mol. The molecule has 0 aliphatic carbocycles. The Morgan fingerprint density at radius 1 is 0.917 bits per heavy atom. The number of nitrogens with one attached hydrogen (secondary N) is 1. The average Bonchev–Trinajstić information content (AvgIpc) is 3.32. The second-order valence-electron chi connectivity index (χ2n) is 7.40. The molecule has 1 aromatic heterocycles. The van der Waals surface area contributed by atoms with Crippen LogP contribution in [0.4, 0.5) is 5.69 Å². The Balaban J connectivity index is 1.50. The number of benzene rings is 3. The average molecular weight is 563 g/mol. The molecule has 36 heavy (non-hydrogen) atoms. The minimum atomic E-state index is -4.09. The van der Waals surface area contributed by atoms with Gasteiger partial charge in [0.15, 0.2) is 0 Å². The van der Waals surface area contributed by atoms with Gasteiger partial charge in [0.05, 0.1) is 26.8 Å². The minimum absolute atomic E-state index is 0.0187. The molecule has 0 saturated heterocycles. The van der Waals surface area contributed by atoms with Crippen LogP contribution in [0.1, 0.15) is 5.76 Å². The summed E-state index contributed by atoms with van der Waals surface area (Å²) in [6.45, 7) is -0.553. The number of nitrogens with zero attached hydrogens (tertiary/aromatic N) is 2. The number of sulfonamides is 1. The molecule has 3 aromatic carbocycles. The summed E-state index contributed by atoms with van der Waals surface area (Å²) in [4.78, 5) is 12.7. The molecule has 1 N–H and O–H groups in total. The van der Waals surface area contributed by atoms with E-state index in [0.717, 1.165) is 4.31 Å². The number of anilines is 1. The topological polar surface area (TPSA) is 92.0 Å². The normalized spacial score (nSPS) is 11.5. The van der Waals surface area contributed by atoms with Crippen molar-refractivity contribution < 1.29 is 17.6 Å². The molecule has 1 heterocycles. The van der Waals surface area contributed by atoms with Crippen LogP contribution in [0.5, 0.6) is 0 Å². The van der Waals surface area contributed by atoms with Crippen molar-refractivity contribution in [3.63, 3.8) is 0 Å². The summed E-state index contributed by atoms with van der Waals surface area (Å²) in [5.74, 6) is 0.151. The zero-order valence-electron chi connectivity index (χ0n) is 18.4. The lowest BCUT2D eigenvalue weighted by molar-refractivity contribution is -0.119. The SMILES string of the molecule is O=C(CN(c1ccccc1Cl)S(=O)(=O)c1ccccc1)N/N=C\c1ccc(-c2ccc(Cl)cc2Cl)o1. The fraction of sp³-hybridized carbons (Fsp3) is 0.0400. The first kappa shape index (κ1) is 25.8. The largest absolute Gasteiger partial charge is 0.455 e. The number of carbonyl (C=O) groups excluding carboxylic acids is 1. The summed E-state index contributed by atoms with van der Waals surface area (Å²) >= 11 is 18.4. The summed E-state index contributed by atoms with van der Waals surface area (Å²) in [6, 6.07) is 22.5. The van der Waals surface area contributed by atoms with E-state index in [-0.39, 0.29) is 15.6 Å². The second-order valence-corrected chi connectivity index (χ2v) is 10.5. The Bertz CT molecular complexity index is 1520. The van der Waals surface area contributed by atoms with E-state index in [0.29, 0.717) is 27.1 Å². The molecule has 0 bridgehead atoms. The van der Waals surface area contributed by atoms with Crippen LogP contribution in [0, 0.1) is 0 Å². The zero-order valence-corrected chi connectivity index (χ0v) is 21.5. The van der Waals surface area contributed by atoms with Crippen molar-refractivity contribution >= 4 is 62.6 Å². The Morgan fingerprint density at radius 2 is 1.64 bits per heavy atom. The van der Waals surface area contributed by atoms with Gasteiger partial charge in [0.25, 0.3) is 15.9 Å². The lowest BCUT2D eigenvalue weighted by atomic mass is 10.2. The molecule has 184 valence electrons. The van der Waals surface area contributed by atoms with E-state index in [4.69, 9.17) is 39.2 Å². The van der Waals surface area contributed by atoms with Gasteiger partial charge in [-0.05, 0) is 54.6 Å². The van der Waals surface area contributed by atoms with Gasteiger partial charge >= 0.3 is 0 Å². The van der Waals surface area contributed by atoms with E-state index in [9.17, 15) is 13.2 Å². The van der Waals surface area contributed by atoms with Gasteiger partial charge in [-0.1, -0.05) is 65.1 Å². The van der Waals surface area contributed by atoms with Gasteiger partial charge in [0.1, 0.15) is 18.1 Å². The lowest BCUT2D eigenvalue weighted by Crippen LogP contribution is -2.39. The third-order valence-corrected chi connectivity index (χ3v) is 7.59. The molecule has 0 aliphatic rings. The van der Waals surface area contributed by atoms with Crippen LogP contribution < -0.4 is 9.73 Å². The van der Waals surface area contributed by atoms with E-state index < -0.39 is 22.5 Å². The summed E-state index contributed by atoms with van der Waals surface area (Å²) in [6.07, 6.45) is 1.29.